The molecule has 31 heavy (non-hydrogen) atoms. The van der Waals surface area contributed by atoms with Crippen molar-refractivity contribution in [2.75, 3.05) is 6.54 Å². The van der Waals surface area contributed by atoms with Crippen LogP contribution in [0.3, 0.4) is 0 Å². The molecule has 6 heteroatoms. The first-order valence-electron chi connectivity index (χ1n) is 10.6. The van der Waals surface area contributed by atoms with Gasteiger partial charge in [-0.3, -0.25) is 9.59 Å². The molecule has 0 unspecified atom stereocenters. The van der Waals surface area contributed by atoms with Gasteiger partial charge in [-0.15, -0.1) is 0 Å². The predicted molar refractivity (Wildman–Crippen MR) is 120 cm³/mol. The molecule has 0 aliphatic rings. The van der Waals surface area contributed by atoms with E-state index in [2.05, 4.69) is 10.6 Å². The molecular weight excluding hydrogens is 392 g/mol. The zero-order chi connectivity index (χ0) is 22.6. The van der Waals surface area contributed by atoms with Crippen LogP contribution in [-0.4, -0.2) is 30.4 Å². The fraction of sp³-hybridized carbons (Fsp3) is 0.400. The lowest BCUT2D eigenvalue weighted by Gasteiger charge is -2.22. The van der Waals surface area contributed by atoms with Crippen molar-refractivity contribution < 1.29 is 19.1 Å². The number of ether oxygens (including phenoxy) is 1. The second kappa shape index (κ2) is 12.5. The first-order valence-corrected chi connectivity index (χ1v) is 10.6. The van der Waals surface area contributed by atoms with Crippen LogP contribution in [0.15, 0.2) is 60.7 Å². The Balaban J connectivity index is 1.91. The van der Waals surface area contributed by atoms with Crippen molar-refractivity contribution in [1.29, 1.82) is 0 Å². The molecule has 0 saturated carbocycles. The Morgan fingerprint density at radius 1 is 0.903 bits per heavy atom. The van der Waals surface area contributed by atoms with Crippen LogP contribution in [0.4, 0.5) is 4.79 Å². The number of benzene rings is 2. The molecule has 2 atom stereocenters. The van der Waals surface area contributed by atoms with Gasteiger partial charge in [-0.1, -0.05) is 74.5 Å². The minimum atomic E-state index is -0.729. The minimum Gasteiger partial charge on any atom is -0.445 e. The molecule has 0 fully saturated rings. The molecule has 0 aromatic heterocycles. The number of carbonyl (C=O) groups excluding carboxylic acids is 3. The molecule has 0 bridgehead atoms. The van der Waals surface area contributed by atoms with E-state index in [1.807, 2.05) is 74.5 Å². The van der Waals surface area contributed by atoms with Crippen LogP contribution in [0.25, 0.3) is 0 Å². The molecule has 2 N–H and O–H groups in total. The third-order valence-corrected chi connectivity index (χ3v) is 4.95. The second-order valence-corrected chi connectivity index (χ2v) is 8.13. The number of rotatable bonds is 11. The smallest absolute Gasteiger partial charge is 0.408 e. The molecule has 2 amide bonds. The van der Waals surface area contributed by atoms with Gasteiger partial charge in [-0.05, 0) is 36.8 Å². The van der Waals surface area contributed by atoms with Crippen molar-refractivity contribution in [2.45, 2.75) is 46.3 Å². The zero-order valence-electron chi connectivity index (χ0n) is 18.5. The monoisotopic (exact) mass is 424 g/mol. The van der Waals surface area contributed by atoms with Crippen LogP contribution in [0, 0.1) is 11.8 Å². The van der Waals surface area contributed by atoms with E-state index in [9.17, 15) is 14.4 Å². The van der Waals surface area contributed by atoms with Crippen LogP contribution in [-0.2, 0) is 27.4 Å². The molecule has 2 aromatic rings. The maximum absolute atomic E-state index is 12.8. The highest BCUT2D eigenvalue weighted by Gasteiger charge is 2.24. The minimum absolute atomic E-state index is 0.0137. The summed E-state index contributed by atoms with van der Waals surface area (Å²) in [6.07, 6.45) is 0.380. The third-order valence-electron chi connectivity index (χ3n) is 4.95. The fourth-order valence-electron chi connectivity index (χ4n) is 3.22. The molecule has 2 rings (SSSR count). The van der Waals surface area contributed by atoms with Gasteiger partial charge in [0.2, 0.25) is 5.91 Å². The normalized spacial score (nSPS) is 12.6. The molecule has 2 aromatic carbocycles. The quantitative estimate of drug-likeness (QED) is 0.573. The van der Waals surface area contributed by atoms with Crippen molar-refractivity contribution in [2.24, 2.45) is 11.8 Å². The lowest BCUT2D eigenvalue weighted by Crippen LogP contribution is -2.49. The van der Waals surface area contributed by atoms with Crippen LogP contribution in [0.1, 0.15) is 38.3 Å². The number of carbonyl (C=O) groups is 3. The Morgan fingerprint density at radius 2 is 1.48 bits per heavy atom. The van der Waals surface area contributed by atoms with Crippen molar-refractivity contribution in [1.82, 2.24) is 10.6 Å². The molecule has 166 valence electrons. The summed E-state index contributed by atoms with van der Waals surface area (Å²) in [4.78, 5) is 37.1. The predicted octanol–water partition coefficient (Wildman–Crippen LogP) is 3.89. The van der Waals surface area contributed by atoms with Crippen molar-refractivity contribution >= 4 is 17.8 Å². The summed E-state index contributed by atoms with van der Waals surface area (Å²) >= 11 is 0. The van der Waals surface area contributed by atoms with Gasteiger partial charge in [0, 0.05) is 12.5 Å². The molecular formula is C25H32N2O4. The summed E-state index contributed by atoms with van der Waals surface area (Å²) in [7, 11) is 0. The van der Waals surface area contributed by atoms with Gasteiger partial charge in [0.15, 0.2) is 0 Å². The molecule has 0 radical (unpaired) electrons. The van der Waals surface area contributed by atoms with Gasteiger partial charge in [0.1, 0.15) is 18.4 Å². The Hall–Kier alpha value is -3.15. The summed E-state index contributed by atoms with van der Waals surface area (Å²) < 4.78 is 5.25. The van der Waals surface area contributed by atoms with Gasteiger partial charge in [0.05, 0.1) is 0 Å². The van der Waals surface area contributed by atoms with Crippen LogP contribution in [0.2, 0.25) is 0 Å². The number of hydrogen-bond acceptors (Lipinski definition) is 4. The van der Waals surface area contributed by atoms with Gasteiger partial charge < -0.3 is 15.4 Å². The summed E-state index contributed by atoms with van der Waals surface area (Å²) in [5.74, 6) is -0.432. The first kappa shape index (κ1) is 24.1. The average Bonchev–Trinajstić information content (AvgIpc) is 2.75. The summed E-state index contributed by atoms with van der Waals surface area (Å²) in [6, 6.07) is 18.3. The summed E-state index contributed by atoms with van der Waals surface area (Å²) in [6.45, 7) is 5.84. The second-order valence-electron chi connectivity index (χ2n) is 8.13. The SMILES string of the molecule is CC(=O)[C@H](CNC(=O)[C@H](CC(C)C)NC(=O)OCc1ccccc1)Cc1ccccc1. The van der Waals surface area contributed by atoms with E-state index in [0.717, 1.165) is 11.1 Å². The topological polar surface area (TPSA) is 84.5 Å². The first-order chi connectivity index (χ1) is 14.8. The third kappa shape index (κ3) is 9.03. The fourth-order valence-corrected chi connectivity index (χ4v) is 3.22. The van der Waals surface area contributed by atoms with E-state index < -0.39 is 12.1 Å². The standard InChI is InChI=1S/C25H32N2O4/c1-18(2)14-23(27-25(30)31-17-21-12-8-5-9-13-21)24(29)26-16-22(19(3)28)15-20-10-6-4-7-11-20/h4-13,18,22-23H,14-17H2,1-3H3,(H,26,29)(H,27,30)/t22-,23-/m0/s1. The number of nitrogens with one attached hydrogen (secondary N) is 2. The van der Waals surface area contributed by atoms with Gasteiger partial charge in [-0.2, -0.15) is 0 Å². The van der Waals surface area contributed by atoms with Crippen molar-refractivity contribution in [3.8, 4) is 0 Å². The summed E-state index contributed by atoms with van der Waals surface area (Å²) in [5.41, 5.74) is 1.91. The average molecular weight is 425 g/mol. The lowest BCUT2D eigenvalue weighted by molar-refractivity contribution is -0.124. The Morgan fingerprint density at radius 3 is 2.03 bits per heavy atom. The highest BCUT2D eigenvalue weighted by molar-refractivity contribution is 5.86. The maximum atomic E-state index is 12.8. The molecule has 0 spiro atoms. The molecule has 0 heterocycles. The van der Waals surface area contributed by atoms with Gasteiger partial charge >= 0.3 is 6.09 Å². The molecule has 0 aliphatic carbocycles. The molecule has 0 saturated heterocycles. The van der Waals surface area contributed by atoms with Crippen molar-refractivity contribution in [3.05, 3.63) is 71.8 Å². The number of amides is 2. The largest absolute Gasteiger partial charge is 0.445 e. The highest BCUT2D eigenvalue weighted by Crippen LogP contribution is 2.11. The Labute approximate surface area is 184 Å². The lowest BCUT2D eigenvalue weighted by atomic mass is 9.95. The van der Waals surface area contributed by atoms with Gasteiger partial charge in [0.25, 0.3) is 0 Å². The van der Waals surface area contributed by atoms with Crippen molar-refractivity contribution in [3.63, 3.8) is 0 Å². The highest BCUT2D eigenvalue weighted by atomic mass is 16.5. The molecule has 6 nitrogen and oxygen atoms in total. The van der Waals surface area contributed by atoms with E-state index in [4.69, 9.17) is 4.74 Å². The van der Waals surface area contributed by atoms with Crippen LogP contribution in [0.5, 0.6) is 0 Å². The summed E-state index contributed by atoms with van der Waals surface area (Å²) in [5, 5.41) is 5.50. The number of hydrogen-bond donors (Lipinski definition) is 2. The Bertz CT molecular complexity index is 837. The number of alkyl carbamates (subject to hydrolysis) is 1. The number of Topliss-reactive ketones (excluding diaryl/α,β-unsaturated/α-hetero) is 1. The maximum Gasteiger partial charge on any atom is 0.408 e. The zero-order valence-corrected chi connectivity index (χ0v) is 18.5. The van der Waals surface area contributed by atoms with E-state index in [0.29, 0.717) is 12.8 Å². The van der Waals surface area contributed by atoms with E-state index in [1.165, 1.54) is 6.92 Å². The van der Waals surface area contributed by atoms with Crippen LogP contribution >= 0.6 is 0 Å². The van der Waals surface area contributed by atoms with Gasteiger partial charge in [-0.25, -0.2) is 4.79 Å². The van der Waals surface area contributed by atoms with E-state index in [-0.39, 0.29) is 36.7 Å². The van der Waals surface area contributed by atoms with Crippen LogP contribution < -0.4 is 10.6 Å². The Kier molecular flexibility index (Phi) is 9.75. The van der Waals surface area contributed by atoms with E-state index in [1.54, 1.807) is 0 Å². The number of ketones is 1. The van der Waals surface area contributed by atoms with E-state index >= 15 is 0 Å². The molecule has 0 aliphatic heterocycles.